The van der Waals surface area contributed by atoms with Gasteiger partial charge in [-0.3, -0.25) is 0 Å². The normalized spacial score (nSPS) is 12.8. The Morgan fingerprint density at radius 1 is 1.17 bits per heavy atom. The maximum Gasteiger partial charge on any atom is 0.168 e. The molecule has 1 aromatic rings. The van der Waals surface area contributed by atoms with E-state index in [-0.39, 0.29) is 0 Å². The summed E-state index contributed by atoms with van der Waals surface area (Å²) in [5.41, 5.74) is 0. The van der Waals surface area contributed by atoms with Gasteiger partial charge in [-0.2, -0.15) is 0 Å². The predicted molar refractivity (Wildman–Crippen MR) is 50.7 cm³/mol. The van der Waals surface area contributed by atoms with Crippen molar-refractivity contribution in [1.82, 2.24) is 0 Å². The Morgan fingerprint density at radius 3 is 2.42 bits per heavy atom. The molecular weight excluding hydrogens is 146 g/mol. The highest BCUT2D eigenvalue weighted by Crippen LogP contribution is 2.03. The van der Waals surface area contributed by atoms with Crippen LogP contribution < -0.4 is 4.57 Å². The van der Waals surface area contributed by atoms with Gasteiger partial charge in [-0.25, -0.2) is 4.57 Å². The number of hydrogen-bond acceptors (Lipinski definition) is 0. The van der Waals surface area contributed by atoms with Crippen molar-refractivity contribution in [3.63, 3.8) is 0 Å². The maximum absolute atomic E-state index is 2.31. The summed E-state index contributed by atoms with van der Waals surface area (Å²) in [6.45, 7) is 5.70. The van der Waals surface area contributed by atoms with Crippen molar-refractivity contribution in [2.75, 3.05) is 0 Å². The first-order valence-electron chi connectivity index (χ1n) is 4.77. The van der Waals surface area contributed by atoms with Gasteiger partial charge in [0.25, 0.3) is 0 Å². The molecule has 12 heavy (non-hydrogen) atoms. The maximum atomic E-state index is 2.31. The number of hydrogen-bond donors (Lipinski definition) is 0. The third-order valence-corrected chi connectivity index (χ3v) is 2.08. The molecule has 0 spiro atoms. The quantitative estimate of drug-likeness (QED) is 0.602. The summed E-state index contributed by atoms with van der Waals surface area (Å²) >= 11 is 0. The second kappa shape index (κ2) is 4.91. The van der Waals surface area contributed by atoms with Crippen LogP contribution in [0.1, 0.15) is 26.7 Å². The first-order valence-corrected chi connectivity index (χ1v) is 4.77. The summed E-state index contributed by atoms with van der Waals surface area (Å²) in [7, 11) is 0. The molecule has 1 heteroatoms. The number of rotatable bonds is 4. The summed E-state index contributed by atoms with van der Waals surface area (Å²) in [6.07, 6.45) is 6.87. The van der Waals surface area contributed by atoms with Gasteiger partial charge in [0.15, 0.2) is 18.9 Å². The van der Waals surface area contributed by atoms with Crippen LogP contribution in [0.4, 0.5) is 0 Å². The summed E-state index contributed by atoms with van der Waals surface area (Å²) in [5.74, 6) is 0.794. The van der Waals surface area contributed by atoms with Gasteiger partial charge in [0.1, 0.15) is 0 Å². The highest BCUT2D eigenvalue weighted by Gasteiger charge is 2.05. The van der Waals surface area contributed by atoms with Crippen LogP contribution in [0.3, 0.4) is 0 Å². The number of pyridine rings is 1. The van der Waals surface area contributed by atoms with Crippen molar-refractivity contribution in [3.05, 3.63) is 30.6 Å². The molecule has 0 aromatic carbocycles. The fourth-order valence-electron chi connectivity index (χ4n) is 1.50. The van der Waals surface area contributed by atoms with E-state index in [1.807, 2.05) is 0 Å². The minimum absolute atomic E-state index is 0.794. The molecule has 1 atom stereocenters. The molecule has 1 rings (SSSR count). The van der Waals surface area contributed by atoms with E-state index >= 15 is 0 Å². The molecule has 1 unspecified atom stereocenters. The SMILES string of the molecule is CCCC(C)C[n+]1ccccc1. The third-order valence-electron chi connectivity index (χ3n) is 2.08. The second-order valence-corrected chi connectivity index (χ2v) is 3.47. The van der Waals surface area contributed by atoms with Crippen LogP contribution >= 0.6 is 0 Å². The van der Waals surface area contributed by atoms with Crippen molar-refractivity contribution in [3.8, 4) is 0 Å². The number of nitrogens with zero attached hydrogens (tertiary/aromatic N) is 1. The molecule has 0 saturated carbocycles. The molecular formula is C11H18N+. The van der Waals surface area contributed by atoms with Crippen LogP contribution in [-0.2, 0) is 6.54 Å². The largest absolute Gasteiger partial charge is 0.205 e. The predicted octanol–water partition coefficient (Wildman–Crippen LogP) is 2.41. The van der Waals surface area contributed by atoms with Crippen molar-refractivity contribution in [2.45, 2.75) is 33.2 Å². The lowest BCUT2D eigenvalue weighted by molar-refractivity contribution is -0.703. The number of aromatic nitrogens is 1. The van der Waals surface area contributed by atoms with Crippen LogP contribution in [0, 0.1) is 5.92 Å². The average Bonchev–Trinajstić information content (AvgIpc) is 2.06. The molecule has 0 radical (unpaired) electrons. The monoisotopic (exact) mass is 164 g/mol. The van der Waals surface area contributed by atoms with E-state index < -0.39 is 0 Å². The van der Waals surface area contributed by atoms with Crippen molar-refractivity contribution in [2.24, 2.45) is 5.92 Å². The molecule has 1 nitrogen and oxygen atoms in total. The Hall–Kier alpha value is -0.850. The van der Waals surface area contributed by atoms with E-state index in [0.29, 0.717) is 0 Å². The molecule has 0 aliphatic rings. The first kappa shape index (κ1) is 9.24. The van der Waals surface area contributed by atoms with Crippen molar-refractivity contribution < 1.29 is 4.57 Å². The summed E-state index contributed by atoms with van der Waals surface area (Å²) < 4.78 is 2.25. The summed E-state index contributed by atoms with van der Waals surface area (Å²) in [4.78, 5) is 0. The molecule has 0 aliphatic carbocycles. The molecule has 0 saturated heterocycles. The second-order valence-electron chi connectivity index (χ2n) is 3.47. The first-order chi connectivity index (χ1) is 5.83. The van der Waals surface area contributed by atoms with E-state index in [2.05, 4.69) is 49.0 Å². The summed E-state index contributed by atoms with van der Waals surface area (Å²) in [6, 6.07) is 6.22. The molecule has 0 N–H and O–H groups in total. The molecule has 0 amide bonds. The molecule has 0 fully saturated rings. The molecule has 0 bridgehead atoms. The van der Waals surface area contributed by atoms with Crippen LogP contribution in [0.2, 0.25) is 0 Å². The van der Waals surface area contributed by atoms with Crippen LogP contribution in [-0.4, -0.2) is 0 Å². The Labute approximate surface area is 75.1 Å². The fraction of sp³-hybridized carbons (Fsp3) is 0.545. The summed E-state index contributed by atoms with van der Waals surface area (Å²) in [5, 5.41) is 0. The van der Waals surface area contributed by atoms with Gasteiger partial charge < -0.3 is 0 Å². The molecule has 1 aromatic heterocycles. The molecule has 66 valence electrons. The minimum Gasteiger partial charge on any atom is -0.205 e. The van der Waals surface area contributed by atoms with Gasteiger partial charge in [-0.15, -0.1) is 0 Å². The topological polar surface area (TPSA) is 3.88 Å². The lowest BCUT2D eigenvalue weighted by atomic mass is 10.1. The zero-order valence-corrected chi connectivity index (χ0v) is 8.03. The van der Waals surface area contributed by atoms with E-state index in [9.17, 15) is 0 Å². The van der Waals surface area contributed by atoms with E-state index in [1.165, 1.54) is 12.8 Å². The zero-order valence-electron chi connectivity index (χ0n) is 8.03. The highest BCUT2D eigenvalue weighted by atomic mass is 14.9. The van der Waals surface area contributed by atoms with E-state index in [0.717, 1.165) is 12.5 Å². The Balaban J connectivity index is 2.41. The third kappa shape index (κ3) is 3.04. The zero-order chi connectivity index (χ0) is 8.81. The highest BCUT2D eigenvalue weighted by molar-refractivity contribution is 4.83. The van der Waals surface area contributed by atoms with E-state index in [4.69, 9.17) is 0 Å². The van der Waals surface area contributed by atoms with Gasteiger partial charge in [0.2, 0.25) is 0 Å². The van der Waals surface area contributed by atoms with Gasteiger partial charge in [-0.1, -0.05) is 26.3 Å². The smallest absolute Gasteiger partial charge is 0.168 e. The van der Waals surface area contributed by atoms with Gasteiger partial charge in [0, 0.05) is 18.1 Å². The van der Waals surface area contributed by atoms with E-state index in [1.54, 1.807) is 0 Å². The standard InChI is InChI=1S/C11H18N/c1-3-7-11(2)10-12-8-5-4-6-9-12/h4-6,8-9,11H,3,7,10H2,1-2H3/q+1. The lowest BCUT2D eigenvalue weighted by Gasteiger charge is -2.04. The van der Waals surface area contributed by atoms with Crippen LogP contribution in [0.15, 0.2) is 30.6 Å². The van der Waals surface area contributed by atoms with Crippen molar-refractivity contribution in [1.29, 1.82) is 0 Å². The molecule has 1 heterocycles. The Morgan fingerprint density at radius 2 is 1.83 bits per heavy atom. The van der Waals surface area contributed by atoms with Gasteiger partial charge in [-0.05, 0) is 6.42 Å². The lowest BCUT2D eigenvalue weighted by Crippen LogP contribution is -2.35. The van der Waals surface area contributed by atoms with Crippen LogP contribution in [0.25, 0.3) is 0 Å². The Bertz CT molecular complexity index is 206. The fourth-order valence-corrected chi connectivity index (χ4v) is 1.50. The van der Waals surface area contributed by atoms with Gasteiger partial charge in [0.05, 0.1) is 0 Å². The average molecular weight is 164 g/mol. The minimum atomic E-state index is 0.794. The molecule has 0 aliphatic heterocycles. The van der Waals surface area contributed by atoms with Crippen molar-refractivity contribution >= 4 is 0 Å². The van der Waals surface area contributed by atoms with Gasteiger partial charge >= 0.3 is 0 Å². The Kier molecular flexibility index (Phi) is 3.78. The van der Waals surface area contributed by atoms with Crippen LogP contribution in [0.5, 0.6) is 0 Å².